The Morgan fingerprint density at radius 2 is 1.85 bits per heavy atom. The van der Waals surface area contributed by atoms with Crippen LogP contribution in [0.15, 0.2) is 18.2 Å². The SMILES string of the molecule is CN(C)Cc1cccc(N(C)C)n1. The summed E-state index contributed by atoms with van der Waals surface area (Å²) in [6, 6.07) is 6.10. The van der Waals surface area contributed by atoms with Crippen LogP contribution in [0.4, 0.5) is 5.82 Å². The summed E-state index contributed by atoms with van der Waals surface area (Å²) < 4.78 is 0. The second-order valence-corrected chi connectivity index (χ2v) is 3.62. The van der Waals surface area contributed by atoms with Gasteiger partial charge in [0.2, 0.25) is 0 Å². The molecule has 1 rings (SSSR count). The number of rotatable bonds is 3. The van der Waals surface area contributed by atoms with Crippen LogP contribution >= 0.6 is 0 Å². The van der Waals surface area contributed by atoms with Crippen LogP contribution in [0.25, 0.3) is 0 Å². The van der Waals surface area contributed by atoms with E-state index in [0.29, 0.717) is 0 Å². The fraction of sp³-hybridized carbons (Fsp3) is 0.500. The first-order valence-electron chi connectivity index (χ1n) is 4.37. The number of hydrogen-bond donors (Lipinski definition) is 0. The molecule has 0 N–H and O–H groups in total. The third kappa shape index (κ3) is 3.03. The van der Waals surface area contributed by atoms with Crippen molar-refractivity contribution in [3.05, 3.63) is 23.9 Å². The third-order valence-electron chi connectivity index (χ3n) is 1.73. The maximum Gasteiger partial charge on any atom is 0.128 e. The highest BCUT2D eigenvalue weighted by Crippen LogP contribution is 2.08. The summed E-state index contributed by atoms with van der Waals surface area (Å²) in [6.07, 6.45) is 0. The minimum Gasteiger partial charge on any atom is -0.363 e. The molecule has 1 aromatic heterocycles. The first kappa shape index (κ1) is 9.99. The van der Waals surface area contributed by atoms with Crippen molar-refractivity contribution in [3.63, 3.8) is 0 Å². The molecule has 3 nitrogen and oxygen atoms in total. The van der Waals surface area contributed by atoms with E-state index in [1.807, 2.05) is 51.3 Å². The largest absolute Gasteiger partial charge is 0.363 e. The van der Waals surface area contributed by atoms with Gasteiger partial charge in [-0.2, -0.15) is 0 Å². The smallest absolute Gasteiger partial charge is 0.128 e. The van der Waals surface area contributed by atoms with Crippen molar-refractivity contribution < 1.29 is 0 Å². The van der Waals surface area contributed by atoms with Crippen molar-refractivity contribution in [3.8, 4) is 0 Å². The molecule has 0 aliphatic rings. The predicted octanol–water partition coefficient (Wildman–Crippen LogP) is 1.21. The van der Waals surface area contributed by atoms with Crippen LogP contribution in [-0.4, -0.2) is 38.1 Å². The quantitative estimate of drug-likeness (QED) is 0.695. The molecular formula is C10H17N3. The van der Waals surface area contributed by atoms with Crippen molar-refractivity contribution in [2.45, 2.75) is 6.54 Å². The molecule has 1 aromatic rings. The average Bonchev–Trinajstić information content (AvgIpc) is 2.03. The van der Waals surface area contributed by atoms with Crippen molar-refractivity contribution in [1.82, 2.24) is 9.88 Å². The van der Waals surface area contributed by atoms with Gasteiger partial charge >= 0.3 is 0 Å². The standard InChI is InChI=1S/C10H17N3/c1-12(2)8-9-6-5-7-10(11-9)13(3)4/h5-7H,8H2,1-4H3. The Kier molecular flexibility index (Phi) is 3.25. The van der Waals surface area contributed by atoms with E-state index in [9.17, 15) is 0 Å². The number of hydrogen-bond acceptors (Lipinski definition) is 3. The van der Waals surface area contributed by atoms with E-state index in [0.717, 1.165) is 18.1 Å². The van der Waals surface area contributed by atoms with Crippen LogP contribution < -0.4 is 4.90 Å². The van der Waals surface area contributed by atoms with Gasteiger partial charge in [-0.1, -0.05) is 6.07 Å². The zero-order valence-corrected chi connectivity index (χ0v) is 8.78. The fourth-order valence-corrected chi connectivity index (χ4v) is 1.13. The molecule has 3 heteroatoms. The molecule has 0 amide bonds. The minimum atomic E-state index is 0.891. The lowest BCUT2D eigenvalue weighted by atomic mass is 10.3. The Labute approximate surface area is 80.0 Å². The van der Waals surface area contributed by atoms with E-state index >= 15 is 0 Å². The van der Waals surface area contributed by atoms with Gasteiger partial charge in [-0.05, 0) is 26.2 Å². The predicted molar refractivity (Wildman–Crippen MR) is 56.0 cm³/mol. The Morgan fingerprint density at radius 3 is 2.38 bits per heavy atom. The topological polar surface area (TPSA) is 19.4 Å². The monoisotopic (exact) mass is 179 g/mol. The van der Waals surface area contributed by atoms with Gasteiger partial charge in [-0.15, -0.1) is 0 Å². The zero-order valence-electron chi connectivity index (χ0n) is 8.78. The summed E-state index contributed by atoms with van der Waals surface area (Å²) in [6.45, 7) is 0.891. The summed E-state index contributed by atoms with van der Waals surface area (Å²) in [4.78, 5) is 8.62. The molecule has 0 unspecified atom stereocenters. The molecule has 13 heavy (non-hydrogen) atoms. The lowest BCUT2D eigenvalue weighted by Crippen LogP contribution is -2.15. The molecule has 0 fully saturated rings. The minimum absolute atomic E-state index is 0.891. The number of aromatic nitrogens is 1. The molecule has 1 heterocycles. The molecule has 0 aliphatic heterocycles. The molecule has 0 aliphatic carbocycles. The summed E-state index contributed by atoms with van der Waals surface area (Å²) >= 11 is 0. The molecule has 0 spiro atoms. The van der Waals surface area contributed by atoms with Gasteiger partial charge in [-0.3, -0.25) is 0 Å². The highest BCUT2D eigenvalue weighted by Gasteiger charge is 1.99. The second kappa shape index (κ2) is 4.23. The van der Waals surface area contributed by atoms with Gasteiger partial charge in [0.15, 0.2) is 0 Å². The Balaban J connectivity index is 2.79. The lowest BCUT2D eigenvalue weighted by Gasteiger charge is -2.14. The van der Waals surface area contributed by atoms with E-state index in [4.69, 9.17) is 0 Å². The van der Waals surface area contributed by atoms with Crippen LogP contribution in [0.3, 0.4) is 0 Å². The number of pyridine rings is 1. The van der Waals surface area contributed by atoms with Gasteiger partial charge in [0.05, 0.1) is 5.69 Å². The second-order valence-electron chi connectivity index (χ2n) is 3.62. The summed E-state index contributed by atoms with van der Waals surface area (Å²) in [5.41, 5.74) is 1.11. The normalized spacial score (nSPS) is 10.5. The van der Waals surface area contributed by atoms with E-state index < -0.39 is 0 Å². The van der Waals surface area contributed by atoms with Gasteiger partial charge in [0.1, 0.15) is 5.82 Å². The Morgan fingerprint density at radius 1 is 1.15 bits per heavy atom. The maximum absolute atomic E-state index is 4.50. The molecular weight excluding hydrogens is 162 g/mol. The van der Waals surface area contributed by atoms with Gasteiger partial charge in [-0.25, -0.2) is 4.98 Å². The number of anilines is 1. The van der Waals surface area contributed by atoms with Crippen molar-refractivity contribution in [2.24, 2.45) is 0 Å². The molecule has 72 valence electrons. The van der Waals surface area contributed by atoms with Gasteiger partial charge in [0.25, 0.3) is 0 Å². The van der Waals surface area contributed by atoms with Crippen molar-refractivity contribution >= 4 is 5.82 Å². The van der Waals surface area contributed by atoms with Gasteiger partial charge < -0.3 is 9.80 Å². The first-order chi connectivity index (χ1) is 6.09. The van der Waals surface area contributed by atoms with Crippen LogP contribution in [0.1, 0.15) is 5.69 Å². The maximum atomic E-state index is 4.50. The fourth-order valence-electron chi connectivity index (χ4n) is 1.13. The van der Waals surface area contributed by atoms with E-state index in [1.165, 1.54) is 0 Å². The van der Waals surface area contributed by atoms with E-state index in [1.54, 1.807) is 0 Å². The summed E-state index contributed by atoms with van der Waals surface area (Å²) in [5, 5.41) is 0. The molecule has 0 atom stereocenters. The van der Waals surface area contributed by atoms with Crippen LogP contribution in [0.5, 0.6) is 0 Å². The molecule has 0 saturated heterocycles. The Bertz CT molecular complexity index is 269. The first-order valence-corrected chi connectivity index (χ1v) is 4.37. The van der Waals surface area contributed by atoms with E-state index in [2.05, 4.69) is 9.88 Å². The molecule has 0 aromatic carbocycles. The van der Waals surface area contributed by atoms with E-state index in [-0.39, 0.29) is 0 Å². The molecule has 0 saturated carbocycles. The summed E-state index contributed by atoms with van der Waals surface area (Å²) in [5.74, 6) is 1.01. The van der Waals surface area contributed by atoms with Crippen LogP contribution in [-0.2, 0) is 6.54 Å². The average molecular weight is 179 g/mol. The molecule has 0 radical (unpaired) electrons. The Hall–Kier alpha value is -1.09. The number of nitrogens with zero attached hydrogens (tertiary/aromatic N) is 3. The van der Waals surface area contributed by atoms with Crippen LogP contribution in [0.2, 0.25) is 0 Å². The highest BCUT2D eigenvalue weighted by atomic mass is 15.1. The third-order valence-corrected chi connectivity index (χ3v) is 1.73. The van der Waals surface area contributed by atoms with Crippen molar-refractivity contribution in [1.29, 1.82) is 0 Å². The lowest BCUT2D eigenvalue weighted by molar-refractivity contribution is 0.397. The van der Waals surface area contributed by atoms with Gasteiger partial charge in [0, 0.05) is 20.6 Å². The zero-order chi connectivity index (χ0) is 9.84. The van der Waals surface area contributed by atoms with Crippen molar-refractivity contribution in [2.75, 3.05) is 33.1 Å². The highest BCUT2D eigenvalue weighted by molar-refractivity contribution is 5.36. The molecule has 0 bridgehead atoms. The summed E-state index contributed by atoms with van der Waals surface area (Å²) in [7, 11) is 8.09. The van der Waals surface area contributed by atoms with Crippen LogP contribution in [0, 0.1) is 0 Å².